The molecule has 0 aromatic rings. The zero-order valence-electron chi connectivity index (χ0n) is 5.03. The van der Waals surface area contributed by atoms with E-state index < -0.39 is 6.29 Å². The maximum absolute atomic E-state index is 9.74. The Labute approximate surface area is 57.0 Å². The van der Waals surface area contributed by atoms with Gasteiger partial charge in [0.15, 0.2) is 6.29 Å². The molecular weight excluding hydrogens is 138 g/mol. The van der Waals surface area contributed by atoms with Crippen molar-refractivity contribution < 1.29 is 14.4 Å². The van der Waals surface area contributed by atoms with E-state index in [1.165, 1.54) is 0 Å². The standard InChI is InChI=1S/C4H7N3O3/c8-1-5-4(6-2-9)7-3-10/h1-4H,(H,5,8)(H,6,9)(H,7,10). The first kappa shape index (κ1) is 8.41. The minimum atomic E-state index is -0.826. The van der Waals surface area contributed by atoms with Gasteiger partial charge in [0.2, 0.25) is 19.2 Å². The molecule has 0 atom stereocenters. The lowest BCUT2D eigenvalue weighted by molar-refractivity contribution is -0.114. The molecule has 0 heterocycles. The van der Waals surface area contributed by atoms with Gasteiger partial charge in [-0.15, -0.1) is 0 Å². The SMILES string of the molecule is O=CNC(NC=O)NC=O. The third-order valence-electron chi connectivity index (χ3n) is 0.704. The van der Waals surface area contributed by atoms with Crippen LogP contribution in [0.4, 0.5) is 0 Å². The lowest BCUT2D eigenvalue weighted by Crippen LogP contribution is -2.51. The highest BCUT2D eigenvalue weighted by molar-refractivity contribution is 5.54. The van der Waals surface area contributed by atoms with Crippen LogP contribution in [0.3, 0.4) is 0 Å². The van der Waals surface area contributed by atoms with E-state index in [4.69, 9.17) is 0 Å². The number of hydrogen-bond donors (Lipinski definition) is 3. The minimum absolute atomic E-state index is 0.359. The molecule has 0 aliphatic heterocycles. The maximum atomic E-state index is 9.74. The molecule has 0 saturated heterocycles. The van der Waals surface area contributed by atoms with Crippen molar-refractivity contribution in [2.24, 2.45) is 0 Å². The lowest BCUT2D eigenvalue weighted by Gasteiger charge is -2.11. The highest BCUT2D eigenvalue weighted by Crippen LogP contribution is 1.60. The van der Waals surface area contributed by atoms with E-state index in [-0.39, 0.29) is 0 Å². The van der Waals surface area contributed by atoms with E-state index in [9.17, 15) is 14.4 Å². The van der Waals surface area contributed by atoms with Gasteiger partial charge in [-0.2, -0.15) is 0 Å². The van der Waals surface area contributed by atoms with Gasteiger partial charge in [0.1, 0.15) is 0 Å². The average Bonchev–Trinajstić information content (AvgIpc) is 1.90. The molecule has 56 valence electrons. The molecule has 0 spiro atoms. The molecule has 6 heteroatoms. The third kappa shape index (κ3) is 3.42. The third-order valence-corrected chi connectivity index (χ3v) is 0.704. The first-order valence-corrected chi connectivity index (χ1v) is 2.44. The Morgan fingerprint density at radius 1 is 0.800 bits per heavy atom. The highest BCUT2D eigenvalue weighted by Gasteiger charge is 1.99. The van der Waals surface area contributed by atoms with Gasteiger partial charge in [0, 0.05) is 0 Å². The van der Waals surface area contributed by atoms with Crippen molar-refractivity contribution in [2.75, 3.05) is 0 Å². The predicted octanol–water partition coefficient (Wildman–Crippen LogP) is -2.49. The summed E-state index contributed by atoms with van der Waals surface area (Å²) in [5.41, 5.74) is 0. The summed E-state index contributed by atoms with van der Waals surface area (Å²) in [6.45, 7) is 0. The van der Waals surface area contributed by atoms with Gasteiger partial charge < -0.3 is 16.0 Å². The van der Waals surface area contributed by atoms with Crippen LogP contribution in [-0.4, -0.2) is 25.5 Å². The summed E-state index contributed by atoms with van der Waals surface area (Å²) in [4.78, 5) is 29.2. The number of carbonyl (C=O) groups excluding carboxylic acids is 3. The Balaban J connectivity index is 3.58. The molecule has 0 unspecified atom stereocenters. The zero-order valence-corrected chi connectivity index (χ0v) is 5.03. The molecule has 3 amide bonds. The molecule has 0 bridgehead atoms. The number of amides is 3. The van der Waals surface area contributed by atoms with Gasteiger partial charge in [-0.05, 0) is 0 Å². The Kier molecular flexibility index (Phi) is 4.66. The van der Waals surface area contributed by atoms with Gasteiger partial charge >= 0.3 is 0 Å². The highest BCUT2D eigenvalue weighted by atomic mass is 16.1. The fourth-order valence-electron chi connectivity index (χ4n) is 0.348. The van der Waals surface area contributed by atoms with Crippen LogP contribution in [0.5, 0.6) is 0 Å². The minimum Gasteiger partial charge on any atom is -0.321 e. The molecule has 0 radical (unpaired) electrons. The Morgan fingerprint density at radius 2 is 1.10 bits per heavy atom. The summed E-state index contributed by atoms with van der Waals surface area (Å²) in [6.07, 6.45) is 0.250. The Hall–Kier alpha value is -1.59. The van der Waals surface area contributed by atoms with Gasteiger partial charge in [-0.1, -0.05) is 0 Å². The fraction of sp³-hybridized carbons (Fsp3) is 0.250. The van der Waals surface area contributed by atoms with Crippen LogP contribution >= 0.6 is 0 Å². The zero-order chi connectivity index (χ0) is 7.82. The normalized spacial score (nSPS) is 8.10. The predicted molar refractivity (Wildman–Crippen MR) is 31.4 cm³/mol. The van der Waals surface area contributed by atoms with Gasteiger partial charge in [-0.25, -0.2) is 0 Å². The number of carbonyl (C=O) groups is 3. The molecule has 0 aromatic heterocycles. The van der Waals surface area contributed by atoms with Gasteiger partial charge in [0.25, 0.3) is 0 Å². The van der Waals surface area contributed by atoms with Crippen molar-refractivity contribution in [1.29, 1.82) is 0 Å². The van der Waals surface area contributed by atoms with Crippen molar-refractivity contribution in [3.63, 3.8) is 0 Å². The van der Waals surface area contributed by atoms with Crippen molar-refractivity contribution >= 4 is 19.2 Å². The molecule has 0 aromatic carbocycles. The van der Waals surface area contributed by atoms with Crippen molar-refractivity contribution in [3.8, 4) is 0 Å². The van der Waals surface area contributed by atoms with Crippen LogP contribution < -0.4 is 16.0 Å². The number of nitrogens with one attached hydrogen (secondary N) is 3. The summed E-state index contributed by atoms with van der Waals surface area (Å²) < 4.78 is 0. The van der Waals surface area contributed by atoms with Gasteiger partial charge in [0.05, 0.1) is 0 Å². The van der Waals surface area contributed by atoms with Gasteiger partial charge in [-0.3, -0.25) is 14.4 Å². The fourth-order valence-corrected chi connectivity index (χ4v) is 0.348. The second-order valence-corrected chi connectivity index (χ2v) is 1.29. The quantitative estimate of drug-likeness (QED) is 0.285. The lowest BCUT2D eigenvalue weighted by atomic mass is 10.8. The van der Waals surface area contributed by atoms with Crippen LogP contribution in [0.25, 0.3) is 0 Å². The monoisotopic (exact) mass is 145 g/mol. The largest absolute Gasteiger partial charge is 0.321 e. The average molecular weight is 145 g/mol. The van der Waals surface area contributed by atoms with Crippen molar-refractivity contribution in [1.82, 2.24) is 16.0 Å². The number of hydrogen-bond acceptors (Lipinski definition) is 3. The van der Waals surface area contributed by atoms with Crippen LogP contribution in [0.15, 0.2) is 0 Å². The summed E-state index contributed by atoms with van der Waals surface area (Å²) in [6, 6.07) is 0. The van der Waals surface area contributed by atoms with E-state index in [2.05, 4.69) is 16.0 Å². The maximum Gasteiger partial charge on any atom is 0.210 e. The second-order valence-electron chi connectivity index (χ2n) is 1.29. The van der Waals surface area contributed by atoms with Crippen LogP contribution in [-0.2, 0) is 14.4 Å². The summed E-state index contributed by atoms with van der Waals surface area (Å²) >= 11 is 0. The van der Waals surface area contributed by atoms with Crippen LogP contribution in [0.2, 0.25) is 0 Å². The smallest absolute Gasteiger partial charge is 0.210 e. The summed E-state index contributed by atoms with van der Waals surface area (Å²) in [7, 11) is 0. The summed E-state index contributed by atoms with van der Waals surface area (Å²) in [5, 5.41) is 6.36. The number of rotatable bonds is 6. The van der Waals surface area contributed by atoms with Crippen LogP contribution in [0, 0.1) is 0 Å². The molecule has 0 aliphatic carbocycles. The molecule has 6 nitrogen and oxygen atoms in total. The first-order chi connectivity index (χ1) is 4.85. The molecule has 0 fully saturated rings. The molecule has 0 saturated carbocycles. The summed E-state index contributed by atoms with van der Waals surface area (Å²) in [5.74, 6) is 0. The van der Waals surface area contributed by atoms with Crippen molar-refractivity contribution in [2.45, 2.75) is 6.29 Å². The second kappa shape index (κ2) is 5.54. The Morgan fingerprint density at radius 3 is 1.30 bits per heavy atom. The van der Waals surface area contributed by atoms with E-state index in [0.29, 0.717) is 19.2 Å². The van der Waals surface area contributed by atoms with Crippen molar-refractivity contribution in [3.05, 3.63) is 0 Å². The van der Waals surface area contributed by atoms with E-state index >= 15 is 0 Å². The topological polar surface area (TPSA) is 87.3 Å². The molecule has 3 N–H and O–H groups in total. The first-order valence-electron chi connectivity index (χ1n) is 2.44. The van der Waals surface area contributed by atoms with Crippen LogP contribution in [0.1, 0.15) is 0 Å². The molecule has 0 rings (SSSR count). The Bertz CT molecular complexity index is 103. The molecule has 0 aliphatic rings. The van der Waals surface area contributed by atoms with E-state index in [1.54, 1.807) is 0 Å². The molecule has 10 heavy (non-hydrogen) atoms. The molecular formula is C4H7N3O3. The van der Waals surface area contributed by atoms with E-state index in [1.807, 2.05) is 0 Å². The van der Waals surface area contributed by atoms with E-state index in [0.717, 1.165) is 0 Å².